The van der Waals surface area contributed by atoms with E-state index in [2.05, 4.69) is 22.3 Å². The molecule has 3 N–H and O–H groups in total. The lowest BCUT2D eigenvalue weighted by Crippen LogP contribution is -2.13. The minimum atomic E-state index is 0.615. The molecule has 20 heavy (non-hydrogen) atoms. The maximum Gasteiger partial charge on any atom is 0.165 e. The van der Waals surface area contributed by atoms with Crippen LogP contribution in [0.15, 0.2) is 18.2 Å². The molecule has 0 saturated heterocycles. The standard InChI is InChI=1S/C15H20N4O/c1-5-11-10(3)17-14(18-15(11)19-16)12-7-6-9(2)8-13(12)20-4/h6-8H,5,16H2,1-4H3,(H,17,18,19). The Hall–Kier alpha value is -2.14. The van der Waals surface area contributed by atoms with Crippen LogP contribution in [-0.4, -0.2) is 17.1 Å². The van der Waals surface area contributed by atoms with Gasteiger partial charge in [-0.25, -0.2) is 15.8 Å². The minimum Gasteiger partial charge on any atom is -0.496 e. The molecule has 0 amide bonds. The van der Waals surface area contributed by atoms with Crippen LogP contribution in [0.4, 0.5) is 5.82 Å². The van der Waals surface area contributed by atoms with Crippen LogP contribution in [0.5, 0.6) is 5.75 Å². The predicted octanol–water partition coefficient (Wildman–Crippen LogP) is 2.62. The predicted molar refractivity (Wildman–Crippen MR) is 80.7 cm³/mol. The highest BCUT2D eigenvalue weighted by Crippen LogP contribution is 2.30. The Morgan fingerprint density at radius 1 is 1.25 bits per heavy atom. The average Bonchev–Trinajstić information content (AvgIpc) is 2.46. The second-order valence-electron chi connectivity index (χ2n) is 4.66. The van der Waals surface area contributed by atoms with Gasteiger partial charge in [0.25, 0.3) is 0 Å². The number of hydrogen-bond donors (Lipinski definition) is 2. The first-order valence-electron chi connectivity index (χ1n) is 6.59. The highest BCUT2D eigenvalue weighted by molar-refractivity contribution is 5.67. The summed E-state index contributed by atoms with van der Waals surface area (Å²) in [6, 6.07) is 5.95. The number of nitrogens with two attached hydrogens (primary N) is 1. The van der Waals surface area contributed by atoms with E-state index in [-0.39, 0.29) is 0 Å². The average molecular weight is 272 g/mol. The van der Waals surface area contributed by atoms with Gasteiger partial charge in [0.05, 0.1) is 12.7 Å². The van der Waals surface area contributed by atoms with Gasteiger partial charge in [-0.3, -0.25) is 0 Å². The Morgan fingerprint density at radius 2 is 2.00 bits per heavy atom. The van der Waals surface area contributed by atoms with Crippen molar-refractivity contribution in [3.8, 4) is 17.1 Å². The van der Waals surface area contributed by atoms with E-state index in [9.17, 15) is 0 Å². The topological polar surface area (TPSA) is 73.1 Å². The van der Waals surface area contributed by atoms with Crippen LogP contribution >= 0.6 is 0 Å². The SMILES string of the molecule is CCc1c(C)nc(-c2ccc(C)cc2OC)nc1NN. The lowest BCUT2D eigenvalue weighted by Gasteiger charge is -2.13. The number of nitrogens with one attached hydrogen (secondary N) is 1. The Balaban J connectivity index is 2.61. The lowest BCUT2D eigenvalue weighted by atomic mass is 10.1. The molecule has 0 atom stereocenters. The summed E-state index contributed by atoms with van der Waals surface area (Å²) in [4.78, 5) is 9.08. The number of methoxy groups -OCH3 is 1. The molecule has 2 aromatic rings. The summed E-state index contributed by atoms with van der Waals surface area (Å²) in [5.41, 5.74) is 6.60. The van der Waals surface area contributed by atoms with Crippen LogP contribution in [-0.2, 0) is 6.42 Å². The summed E-state index contributed by atoms with van der Waals surface area (Å²) >= 11 is 0. The molecule has 0 fully saturated rings. The third-order valence-electron chi connectivity index (χ3n) is 3.30. The number of anilines is 1. The summed E-state index contributed by atoms with van der Waals surface area (Å²) in [6.45, 7) is 6.04. The van der Waals surface area contributed by atoms with Crippen molar-refractivity contribution in [3.05, 3.63) is 35.0 Å². The van der Waals surface area contributed by atoms with Crippen molar-refractivity contribution in [2.45, 2.75) is 27.2 Å². The molecule has 1 aromatic carbocycles. The van der Waals surface area contributed by atoms with Crippen molar-refractivity contribution in [2.24, 2.45) is 5.84 Å². The molecule has 0 bridgehead atoms. The summed E-state index contributed by atoms with van der Waals surface area (Å²) in [7, 11) is 1.65. The number of benzene rings is 1. The second-order valence-corrected chi connectivity index (χ2v) is 4.66. The van der Waals surface area contributed by atoms with Gasteiger partial charge in [0.1, 0.15) is 11.6 Å². The van der Waals surface area contributed by atoms with Crippen molar-refractivity contribution in [1.82, 2.24) is 9.97 Å². The van der Waals surface area contributed by atoms with Gasteiger partial charge in [-0.1, -0.05) is 13.0 Å². The van der Waals surface area contributed by atoms with Crippen LogP contribution < -0.4 is 16.0 Å². The van der Waals surface area contributed by atoms with E-state index in [1.165, 1.54) is 0 Å². The molecule has 0 spiro atoms. The fourth-order valence-electron chi connectivity index (χ4n) is 2.24. The van der Waals surface area contributed by atoms with Crippen molar-refractivity contribution < 1.29 is 4.74 Å². The van der Waals surface area contributed by atoms with E-state index in [4.69, 9.17) is 10.6 Å². The van der Waals surface area contributed by atoms with Crippen LogP contribution in [0.3, 0.4) is 0 Å². The zero-order chi connectivity index (χ0) is 14.7. The second kappa shape index (κ2) is 5.88. The quantitative estimate of drug-likeness (QED) is 0.661. The normalized spacial score (nSPS) is 10.4. The number of hydrogen-bond acceptors (Lipinski definition) is 5. The number of nitrogen functional groups attached to an aromatic ring is 1. The van der Waals surface area contributed by atoms with Gasteiger partial charge < -0.3 is 10.2 Å². The summed E-state index contributed by atoms with van der Waals surface area (Å²) in [5.74, 6) is 7.61. The molecule has 5 nitrogen and oxygen atoms in total. The molecule has 106 valence electrons. The summed E-state index contributed by atoms with van der Waals surface area (Å²) < 4.78 is 5.42. The van der Waals surface area contributed by atoms with Crippen molar-refractivity contribution in [1.29, 1.82) is 0 Å². The van der Waals surface area contributed by atoms with E-state index in [0.717, 1.165) is 34.6 Å². The van der Waals surface area contributed by atoms with Crippen LogP contribution in [0, 0.1) is 13.8 Å². The Labute approximate surface area is 119 Å². The molecule has 0 aliphatic rings. The molecule has 2 rings (SSSR count). The highest BCUT2D eigenvalue weighted by Gasteiger charge is 2.14. The van der Waals surface area contributed by atoms with Gasteiger partial charge in [-0.2, -0.15) is 0 Å². The van der Waals surface area contributed by atoms with Crippen LogP contribution in [0.2, 0.25) is 0 Å². The minimum absolute atomic E-state index is 0.615. The van der Waals surface area contributed by atoms with Gasteiger partial charge in [0, 0.05) is 11.3 Å². The zero-order valence-corrected chi connectivity index (χ0v) is 12.3. The number of hydrazine groups is 1. The van der Waals surface area contributed by atoms with Crippen LogP contribution in [0.25, 0.3) is 11.4 Å². The smallest absolute Gasteiger partial charge is 0.165 e. The van der Waals surface area contributed by atoms with Gasteiger partial charge >= 0.3 is 0 Å². The first-order valence-corrected chi connectivity index (χ1v) is 6.59. The van der Waals surface area contributed by atoms with Gasteiger partial charge in [0.2, 0.25) is 0 Å². The van der Waals surface area contributed by atoms with Crippen molar-refractivity contribution in [3.63, 3.8) is 0 Å². The Kier molecular flexibility index (Phi) is 4.20. The lowest BCUT2D eigenvalue weighted by molar-refractivity contribution is 0.416. The van der Waals surface area contributed by atoms with Gasteiger partial charge in [-0.05, 0) is 38.0 Å². The summed E-state index contributed by atoms with van der Waals surface area (Å²) in [6.07, 6.45) is 0.830. The van der Waals surface area contributed by atoms with E-state index in [1.807, 2.05) is 32.0 Å². The van der Waals surface area contributed by atoms with E-state index in [0.29, 0.717) is 11.6 Å². The zero-order valence-electron chi connectivity index (χ0n) is 12.3. The molecular weight excluding hydrogens is 252 g/mol. The fraction of sp³-hybridized carbons (Fsp3) is 0.333. The number of aromatic nitrogens is 2. The van der Waals surface area contributed by atoms with Crippen molar-refractivity contribution in [2.75, 3.05) is 12.5 Å². The molecule has 0 radical (unpaired) electrons. The van der Waals surface area contributed by atoms with E-state index < -0.39 is 0 Å². The third-order valence-corrected chi connectivity index (χ3v) is 3.30. The van der Waals surface area contributed by atoms with Gasteiger partial charge in [-0.15, -0.1) is 0 Å². The number of nitrogens with zero attached hydrogens (tertiary/aromatic N) is 2. The molecule has 0 unspecified atom stereocenters. The monoisotopic (exact) mass is 272 g/mol. The number of ether oxygens (including phenoxy) is 1. The molecular formula is C15H20N4O. The Bertz CT molecular complexity index is 626. The van der Waals surface area contributed by atoms with E-state index >= 15 is 0 Å². The first kappa shape index (κ1) is 14.3. The largest absolute Gasteiger partial charge is 0.496 e. The molecule has 5 heteroatoms. The van der Waals surface area contributed by atoms with Gasteiger partial charge in [0.15, 0.2) is 5.82 Å². The third kappa shape index (κ3) is 2.58. The number of rotatable bonds is 4. The summed E-state index contributed by atoms with van der Waals surface area (Å²) in [5, 5.41) is 0. The molecule has 1 aromatic heterocycles. The van der Waals surface area contributed by atoms with Crippen molar-refractivity contribution >= 4 is 5.82 Å². The Morgan fingerprint density at radius 3 is 2.60 bits per heavy atom. The first-order chi connectivity index (χ1) is 9.60. The maximum absolute atomic E-state index is 5.57. The highest BCUT2D eigenvalue weighted by atomic mass is 16.5. The molecule has 1 heterocycles. The fourth-order valence-corrected chi connectivity index (χ4v) is 2.24. The molecule has 0 aliphatic carbocycles. The maximum atomic E-state index is 5.57. The molecule has 0 aliphatic heterocycles. The number of aryl methyl sites for hydroxylation is 2. The van der Waals surface area contributed by atoms with Crippen LogP contribution in [0.1, 0.15) is 23.7 Å². The van der Waals surface area contributed by atoms with E-state index in [1.54, 1.807) is 7.11 Å². The molecule has 0 saturated carbocycles.